The molecule has 3 heterocycles. The van der Waals surface area contributed by atoms with E-state index in [9.17, 15) is 14.4 Å². The monoisotopic (exact) mass is 462 g/mol. The molecule has 178 valence electrons. The topological polar surface area (TPSA) is 109 Å². The number of piperidine rings is 1. The molecule has 1 aliphatic rings. The lowest BCUT2D eigenvalue weighted by Crippen LogP contribution is -2.45. The largest absolute Gasteiger partial charge is 0.350 e. The van der Waals surface area contributed by atoms with Gasteiger partial charge in [-0.2, -0.15) is 4.98 Å². The molecule has 9 nitrogen and oxygen atoms in total. The van der Waals surface area contributed by atoms with E-state index < -0.39 is 0 Å². The maximum Gasteiger partial charge on any atom is 0.253 e. The zero-order valence-corrected chi connectivity index (χ0v) is 19.7. The molecule has 0 bridgehead atoms. The van der Waals surface area contributed by atoms with Crippen molar-refractivity contribution < 1.29 is 9.59 Å². The second-order valence-corrected chi connectivity index (χ2v) is 8.82. The molecule has 2 amide bonds. The summed E-state index contributed by atoms with van der Waals surface area (Å²) in [5.41, 5.74) is 1.76. The van der Waals surface area contributed by atoms with Crippen LogP contribution in [-0.2, 0) is 4.79 Å². The Morgan fingerprint density at radius 3 is 2.62 bits per heavy atom. The van der Waals surface area contributed by atoms with Crippen LogP contribution < -0.4 is 16.2 Å². The van der Waals surface area contributed by atoms with Crippen LogP contribution in [0.2, 0.25) is 0 Å². The molecule has 0 saturated carbocycles. The Balaban J connectivity index is 1.46. The predicted molar refractivity (Wildman–Crippen MR) is 132 cm³/mol. The number of aromatic nitrogens is 3. The summed E-state index contributed by atoms with van der Waals surface area (Å²) in [4.78, 5) is 47.8. The molecule has 1 fully saturated rings. The van der Waals surface area contributed by atoms with E-state index in [4.69, 9.17) is 0 Å². The Labute approximate surface area is 198 Å². The fourth-order valence-corrected chi connectivity index (χ4v) is 4.20. The number of benzene rings is 1. The molecule has 1 aromatic carbocycles. The Kier molecular flexibility index (Phi) is 6.90. The molecular weight excluding hydrogens is 432 g/mol. The van der Waals surface area contributed by atoms with Crippen LogP contribution in [-0.4, -0.2) is 50.4 Å². The number of pyridine rings is 1. The lowest BCUT2D eigenvalue weighted by Gasteiger charge is -2.33. The number of rotatable bonds is 6. The number of fused-ring (bicyclic) bond motifs is 1. The van der Waals surface area contributed by atoms with Crippen molar-refractivity contribution in [3.8, 4) is 0 Å². The molecule has 0 radical (unpaired) electrons. The number of hydrogen-bond acceptors (Lipinski definition) is 6. The third kappa shape index (κ3) is 5.08. The second kappa shape index (κ2) is 10.0. The van der Waals surface area contributed by atoms with Gasteiger partial charge in [-0.15, -0.1) is 0 Å². The smallest absolute Gasteiger partial charge is 0.253 e. The zero-order valence-electron chi connectivity index (χ0n) is 19.7. The van der Waals surface area contributed by atoms with Crippen molar-refractivity contribution in [3.63, 3.8) is 0 Å². The van der Waals surface area contributed by atoms with E-state index in [2.05, 4.69) is 20.6 Å². The molecule has 9 heteroatoms. The van der Waals surface area contributed by atoms with Gasteiger partial charge in [0.05, 0.1) is 0 Å². The van der Waals surface area contributed by atoms with Gasteiger partial charge in [-0.05, 0) is 57.0 Å². The maximum absolute atomic E-state index is 13.1. The number of anilines is 2. The normalized spacial score (nSPS) is 16.0. The number of amides is 2. The van der Waals surface area contributed by atoms with Crippen molar-refractivity contribution in [2.45, 2.75) is 52.1 Å². The van der Waals surface area contributed by atoms with E-state index in [1.54, 1.807) is 48.0 Å². The first-order valence-corrected chi connectivity index (χ1v) is 11.7. The highest BCUT2D eigenvalue weighted by Gasteiger charge is 2.25. The highest BCUT2D eigenvalue weighted by Crippen LogP contribution is 2.20. The molecular formula is C25H30N6O3. The first-order valence-electron chi connectivity index (χ1n) is 11.7. The molecule has 34 heavy (non-hydrogen) atoms. The second-order valence-electron chi connectivity index (χ2n) is 8.82. The van der Waals surface area contributed by atoms with Crippen molar-refractivity contribution >= 4 is 34.5 Å². The fraction of sp³-hybridized carbons (Fsp3) is 0.400. The number of carbonyl (C=O) groups excluding carboxylic acids is 2. The van der Waals surface area contributed by atoms with Crippen molar-refractivity contribution in [2.75, 3.05) is 23.7 Å². The minimum Gasteiger partial charge on any atom is -0.350 e. The highest BCUT2D eigenvalue weighted by molar-refractivity contribution is 5.96. The first-order chi connectivity index (χ1) is 16.4. The molecule has 0 aliphatic carbocycles. The van der Waals surface area contributed by atoms with E-state index in [0.29, 0.717) is 42.4 Å². The summed E-state index contributed by atoms with van der Waals surface area (Å²) in [5.74, 6) is 0.334. The van der Waals surface area contributed by atoms with Gasteiger partial charge >= 0.3 is 0 Å². The summed E-state index contributed by atoms with van der Waals surface area (Å²) in [6, 6.07) is 10.2. The molecule has 2 aromatic heterocycles. The first kappa shape index (κ1) is 23.4. The summed E-state index contributed by atoms with van der Waals surface area (Å²) in [6.45, 7) is 6.90. The quantitative estimate of drug-likeness (QED) is 0.581. The van der Waals surface area contributed by atoms with E-state index in [0.717, 1.165) is 18.2 Å². The summed E-state index contributed by atoms with van der Waals surface area (Å²) in [6.07, 6.45) is 3.87. The van der Waals surface area contributed by atoms with Crippen LogP contribution in [0.15, 0.2) is 47.4 Å². The number of likely N-dealkylation sites (tertiary alicyclic amines) is 1. The Morgan fingerprint density at radius 1 is 1.15 bits per heavy atom. The molecule has 0 spiro atoms. The fourth-order valence-electron chi connectivity index (χ4n) is 4.20. The molecule has 3 aromatic rings. The number of carbonyl (C=O) groups is 2. The van der Waals surface area contributed by atoms with Crippen molar-refractivity contribution in [2.24, 2.45) is 0 Å². The van der Waals surface area contributed by atoms with Crippen LogP contribution in [0.4, 0.5) is 11.6 Å². The van der Waals surface area contributed by atoms with Crippen LogP contribution >= 0.6 is 0 Å². The molecule has 1 saturated heterocycles. The standard InChI is InChI=1S/C25H30N6O3/c1-4-21(32)27-19-10-7-17(8-11-19)24(34)30-13-5-6-20(15-30)28-25-26-14-18-9-12-22(33)31(16(2)3)23(18)29-25/h7-12,14,16,20H,4-6,13,15H2,1-3H3,(H,27,32)(H,26,28,29). The van der Waals surface area contributed by atoms with E-state index >= 15 is 0 Å². The number of nitrogens with zero attached hydrogens (tertiary/aromatic N) is 4. The summed E-state index contributed by atoms with van der Waals surface area (Å²) in [7, 11) is 0. The predicted octanol–water partition coefficient (Wildman–Crippen LogP) is 3.44. The molecule has 1 aliphatic heterocycles. The molecule has 1 unspecified atom stereocenters. The van der Waals surface area contributed by atoms with Crippen molar-refractivity contribution in [1.82, 2.24) is 19.4 Å². The average Bonchev–Trinajstić information content (AvgIpc) is 2.83. The van der Waals surface area contributed by atoms with Gasteiger partial charge in [0.1, 0.15) is 5.65 Å². The lowest BCUT2D eigenvalue weighted by atomic mass is 10.0. The van der Waals surface area contributed by atoms with Gasteiger partial charge in [-0.3, -0.25) is 19.0 Å². The van der Waals surface area contributed by atoms with Gasteiger partial charge in [-0.25, -0.2) is 4.98 Å². The van der Waals surface area contributed by atoms with Crippen LogP contribution in [0.5, 0.6) is 0 Å². The van der Waals surface area contributed by atoms with Crippen molar-refractivity contribution in [3.05, 3.63) is 58.5 Å². The minimum absolute atomic E-state index is 0.00111. The molecule has 2 N–H and O–H groups in total. The van der Waals surface area contributed by atoms with E-state index in [-0.39, 0.29) is 29.5 Å². The Hall–Kier alpha value is -3.75. The Bertz CT molecular complexity index is 1250. The average molecular weight is 463 g/mol. The lowest BCUT2D eigenvalue weighted by molar-refractivity contribution is -0.115. The third-order valence-electron chi connectivity index (χ3n) is 5.96. The minimum atomic E-state index is -0.0955. The number of hydrogen-bond donors (Lipinski definition) is 2. The zero-order chi connectivity index (χ0) is 24.2. The van der Waals surface area contributed by atoms with E-state index in [1.807, 2.05) is 18.7 Å². The van der Waals surface area contributed by atoms with E-state index in [1.165, 1.54) is 6.07 Å². The van der Waals surface area contributed by atoms with Gasteiger partial charge in [0, 0.05) is 60.5 Å². The van der Waals surface area contributed by atoms with Gasteiger partial charge < -0.3 is 15.5 Å². The van der Waals surface area contributed by atoms with Crippen LogP contribution in [0, 0.1) is 0 Å². The SMILES string of the molecule is CCC(=O)Nc1ccc(C(=O)N2CCCC(Nc3ncc4ccc(=O)n(C(C)C)c4n3)C2)cc1. The van der Waals surface area contributed by atoms with Gasteiger partial charge in [0.15, 0.2) is 0 Å². The molecule has 4 rings (SSSR count). The van der Waals surface area contributed by atoms with Gasteiger partial charge in [-0.1, -0.05) is 6.92 Å². The van der Waals surface area contributed by atoms with Gasteiger partial charge in [0.25, 0.3) is 11.5 Å². The summed E-state index contributed by atoms with van der Waals surface area (Å²) >= 11 is 0. The van der Waals surface area contributed by atoms with Gasteiger partial charge in [0.2, 0.25) is 11.9 Å². The third-order valence-corrected chi connectivity index (χ3v) is 5.96. The van der Waals surface area contributed by atoms with Crippen LogP contribution in [0.25, 0.3) is 11.0 Å². The molecule has 1 atom stereocenters. The van der Waals surface area contributed by atoms with Crippen molar-refractivity contribution in [1.29, 1.82) is 0 Å². The van der Waals surface area contributed by atoms with Crippen LogP contribution in [0.3, 0.4) is 0 Å². The maximum atomic E-state index is 13.1. The Morgan fingerprint density at radius 2 is 1.91 bits per heavy atom. The summed E-state index contributed by atoms with van der Waals surface area (Å²) in [5, 5.41) is 6.95. The number of nitrogens with one attached hydrogen (secondary N) is 2. The summed E-state index contributed by atoms with van der Waals surface area (Å²) < 4.78 is 1.66. The van der Waals surface area contributed by atoms with Crippen LogP contribution in [0.1, 0.15) is 56.4 Å². The highest BCUT2D eigenvalue weighted by atomic mass is 16.2.